The average molecular weight is 277 g/mol. The van der Waals surface area contributed by atoms with Crippen molar-refractivity contribution in [3.63, 3.8) is 0 Å². The lowest BCUT2D eigenvalue weighted by molar-refractivity contribution is 0.0696. The van der Waals surface area contributed by atoms with Crippen LogP contribution in [0.3, 0.4) is 0 Å². The van der Waals surface area contributed by atoms with Gasteiger partial charge in [-0.25, -0.2) is 4.79 Å². The van der Waals surface area contributed by atoms with Crippen molar-refractivity contribution in [3.8, 4) is 0 Å². The second-order valence-electron chi connectivity index (χ2n) is 5.98. The Bertz CT molecular complexity index is 522. The number of rotatable bonds is 5. The maximum absolute atomic E-state index is 11.8. The summed E-state index contributed by atoms with van der Waals surface area (Å²) < 4.78 is 4.97. The van der Waals surface area contributed by atoms with E-state index in [2.05, 4.69) is 5.32 Å². The molecule has 5 heteroatoms. The summed E-state index contributed by atoms with van der Waals surface area (Å²) >= 11 is 0. The monoisotopic (exact) mass is 277 g/mol. The molecule has 0 aromatic carbocycles. The number of carboxylic acid groups (broad SMARTS) is 1. The molecule has 1 amide bonds. The highest BCUT2D eigenvalue weighted by Crippen LogP contribution is 2.49. The molecule has 108 valence electrons. The maximum Gasteiger partial charge on any atom is 0.338 e. The van der Waals surface area contributed by atoms with Crippen LogP contribution in [0.25, 0.3) is 0 Å². The van der Waals surface area contributed by atoms with Crippen LogP contribution in [-0.4, -0.2) is 23.5 Å². The minimum Gasteiger partial charge on any atom is -0.478 e. The van der Waals surface area contributed by atoms with Crippen molar-refractivity contribution in [1.29, 1.82) is 0 Å². The number of carboxylic acids is 1. The second kappa shape index (κ2) is 5.31. The van der Waals surface area contributed by atoms with Crippen LogP contribution >= 0.6 is 0 Å². The highest BCUT2D eigenvalue weighted by molar-refractivity contribution is 5.95. The first-order valence-electron chi connectivity index (χ1n) is 7.23. The molecule has 0 radical (unpaired) electrons. The van der Waals surface area contributed by atoms with Gasteiger partial charge >= 0.3 is 5.97 Å². The predicted molar refractivity (Wildman–Crippen MR) is 71.6 cm³/mol. The highest BCUT2D eigenvalue weighted by Gasteiger charge is 2.38. The third-order valence-electron chi connectivity index (χ3n) is 4.76. The van der Waals surface area contributed by atoms with E-state index in [1.807, 2.05) is 0 Å². The Hall–Kier alpha value is -1.78. The zero-order valence-corrected chi connectivity index (χ0v) is 11.3. The minimum absolute atomic E-state index is 0.00301. The number of furan rings is 1. The lowest BCUT2D eigenvalue weighted by Crippen LogP contribution is -2.26. The zero-order chi connectivity index (χ0) is 14.1. The molecule has 2 aliphatic rings. The van der Waals surface area contributed by atoms with Crippen molar-refractivity contribution < 1.29 is 19.1 Å². The second-order valence-corrected chi connectivity index (χ2v) is 5.98. The third-order valence-corrected chi connectivity index (χ3v) is 4.76. The van der Waals surface area contributed by atoms with Crippen LogP contribution in [0.2, 0.25) is 0 Å². The molecule has 0 aliphatic heterocycles. The van der Waals surface area contributed by atoms with Crippen molar-refractivity contribution in [2.45, 2.75) is 32.1 Å². The Labute approximate surface area is 117 Å². The number of carbonyl (C=O) groups excluding carboxylic acids is 1. The fourth-order valence-corrected chi connectivity index (χ4v) is 3.76. The quantitative estimate of drug-likeness (QED) is 0.866. The van der Waals surface area contributed by atoms with E-state index in [4.69, 9.17) is 9.52 Å². The fraction of sp³-hybridized carbons (Fsp3) is 0.600. The maximum atomic E-state index is 11.8. The van der Waals surface area contributed by atoms with Crippen LogP contribution in [0.4, 0.5) is 0 Å². The molecule has 3 atom stereocenters. The van der Waals surface area contributed by atoms with E-state index in [0.29, 0.717) is 6.54 Å². The van der Waals surface area contributed by atoms with Gasteiger partial charge in [0.15, 0.2) is 5.76 Å². The SMILES string of the molecule is O=C(O)c1coc(C(=O)NCCC2CC3CCC2C3)c1. The molecule has 0 saturated heterocycles. The molecule has 20 heavy (non-hydrogen) atoms. The van der Waals surface area contributed by atoms with E-state index in [9.17, 15) is 9.59 Å². The summed E-state index contributed by atoms with van der Waals surface area (Å²) in [6, 6.07) is 1.26. The topological polar surface area (TPSA) is 79.5 Å². The Balaban J connectivity index is 1.46. The summed E-state index contributed by atoms with van der Waals surface area (Å²) in [6.07, 6.45) is 7.52. The van der Waals surface area contributed by atoms with Gasteiger partial charge in [-0.3, -0.25) is 4.79 Å². The van der Waals surface area contributed by atoms with Gasteiger partial charge in [0.2, 0.25) is 0 Å². The lowest BCUT2D eigenvalue weighted by atomic mass is 9.86. The summed E-state index contributed by atoms with van der Waals surface area (Å²) in [5, 5.41) is 11.6. The molecule has 5 nitrogen and oxygen atoms in total. The number of fused-ring (bicyclic) bond motifs is 2. The molecule has 1 aromatic rings. The molecule has 2 N–H and O–H groups in total. The summed E-state index contributed by atoms with van der Waals surface area (Å²) in [4.78, 5) is 22.5. The van der Waals surface area contributed by atoms with E-state index >= 15 is 0 Å². The van der Waals surface area contributed by atoms with Crippen molar-refractivity contribution in [1.82, 2.24) is 5.32 Å². The van der Waals surface area contributed by atoms with Gasteiger partial charge in [0.25, 0.3) is 5.91 Å². The predicted octanol–water partition coefficient (Wildman–Crippen LogP) is 2.53. The Morgan fingerprint density at radius 1 is 1.35 bits per heavy atom. The fourth-order valence-electron chi connectivity index (χ4n) is 3.76. The molecule has 2 aliphatic carbocycles. The molecule has 1 heterocycles. The van der Waals surface area contributed by atoms with E-state index in [0.717, 1.165) is 30.4 Å². The molecule has 1 aromatic heterocycles. The Kier molecular flexibility index (Phi) is 3.51. The van der Waals surface area contributed by atoms with Crippen LogP contribution < -0.4 is 5.32 Å². The van der Waals surface area contributed by atoms with Crippen LogP contribution in [-0.2, 0) is 0 Å². The molecule has 2 saturated carbocycles. The van der Waals surface area contributed by atoms with Crippen LogP contribution in [0, 0.1) is 17.8 Å². The molecular formula is C15H19NO4. The number of nitrogens with one attached hydrogen (secondary N) is 1. The smallest absolute Gasteiger partial charge is 0.338 e. The van der Waals surface area contributed by atoms with Gasteiger partial charge in [-0.05, 0) is 43.4 Å². The van der Waals surface area contributed by atoms with Crippen LogP contribution in [0.5, 0.6) is 0 Å². The van der Waals surface area contributed by atoms with Gasteiger partial charge in [-0.1, -0.05) is 6.42 Å². The van der Waals surface area contributed by atoms with Gasteiger partial charge < -0.3 is 14.8 Å². The summed E-state index contributed by atoms with van der Waals surface area (Å²) in [5.74, 6) is 1.18. The standard InChI is InChI=1S/C15H19NO4/c17-14(13-7-12(8-20-13)15(18)19)16-4-3-11-6-9-1-2-10(11)5-9/h7-11H,1-6H2,(H,16,17)(H,18,19). The van der Waals surface area contributed by atoms with Gasteiger partial charge in [0, 0.05) is 12.6 Å². The van der Waals surface area contributed by atoms with E-state index in [-0.39, 0.29) is 17.2 Å². The lowest BCUT2D eigenvalue weighted by Gasteiger charge is -2.21. The average Bonchev–Trinajstić information content (AvgIpc) is 3.14. The summed E-state index contributed by atoms with van der Waals surface area (Å²) in [7, 11) is 0. The molecule has 0 spiro atoms. The highest BCUT2D eigenvalue weighted by atomic mass is 16.4. The number of carbonyl (C=O) groups is 2. The molecular weight excluding hydrogens is 258 g/mol. The zero-order valence-electron chi connectivity index (χ0n) is 11.3. The summed E-state index contributed by atoms with van der Waals surface area (Å²) in [6.45, 7) is 0.635. The molecule has 3 unspecified atom stereocenters. The molecule has 2 bridgehead atoms. The van der Waals surface area contributed by atoms with Crippen molar-refractivity contribution >= 4 is 11.9 Å². The minimum atomic E-state index is -1.09. The van der Waals surface area contributed by atoms with E-state index in [1.165, 1.54) is 31.7 Å². The molecule has 2 fully saturated rings. The first-order valence-corrected chi connectivity index (χ1v) is 7.23. The Morgan fingerprint density at radius 3 is 2.80 bits per heavy atom. The normalized spacial score (nSPS) is 27.7. The Morgan fingerprint density at radius 2 is 2.20 bits per heavy atom. The van der Waals surface area contributed by atoms with E-state index < -0.39 is 5.97 Å². The first kappa shape index (κ1) is 13.2. The van der Waals surface area contributed by atoms with Crippen LogP contribution in [0.1, 0.15) is 53.0 Å². The van der Waals surface area contributed by atoms with Gasteiger partial charge in [0.1, 0.15) is 6.26 Å². The largest absolute Gasteiger partial charge is 0.478 e. The van der Waals surface area contributed by atoms with Crippen molar-refractivity contribution in [2.24, 2.45) is 17.8 Å². The van der Waals surface area contributed by atoms with Gasteiger partial charge in [-0.2, -0.15) is 0 Å². The number of hydrogen-bond donors (Lipinski definition) is 2. The van der Waals surface area contributed by atoms with Gasteiger partial charge in [0.05, 0.1) is 5.56 Å². The van der Waals surface area contributed by atoms with Crippen molar-refractivity contribution in [2.75, 3.05) is 6.54 Å². The number of aromatic carboxylic acids is 1. The molecule has 3 rings (SSSR count). The van der Waals surface area contributed by atoms with E-state index in [1.54, 1.807) is 0 Å². The number of amides is 1. The van der Waals surface area contributed by atoms with Crippen molar-refractivity contribution in [3.05, 3.63) is 23.7 Å². The van der Waals surface area contributed by atoms with Crippen LogP contribution in [0.15, 0.2) is 16.7 Å². The first-order chi connectivity index (χ1) is 9.63. The number of hydrogen-bond acceptors (Lipinski definition) is 3. The van der Waals surface area contributed by atoms with Gasteiger partial charge in [-0.15, -0.1) is 0 Å². The third kappa shape index (κ3) is 2.57. The summed E-state index contributed by atoms with van der Waals surface area (Å²) in [5.41, 5.74) is 0.00301.